The van der Waals surface area contributed by atoms with E-state index in [9.17, 15) is 0 Å². The normalized spacial score (nSPS) is 12.5. The molecule has 0 spiro atoms. The topological polar surface area (TPSA) is 34.0 Å². The summed E-state index contributed by atoms with van der Waals surface area (Å²) in [7, 11) is 2.15. The van der Waals surface area contributed by atoms with E-state index >= 15 is 0 Å². The summed E-state index contributed by atoms with van der Waals surface area (Å²) in [4.78, 5) is 6.41. The second-order valence-corrected chi connectivity index (χ2v) is 5.49. The second-order valence-electron chi connectivity index (χ2n) is 5.49. The van der Waals surface area contributed by atoms with E-state index in [1.54, 1.807) is 6.20 Å². The highest BCUT2D eigenvalue weighted by atomic mass is 15.3. The molecule has 0 fully saturated rings. The Bertz CT molecular complexity index is 690. The molecular formula is C18H20N4. The van der Waals surface area contributed by atoms with Crippen LogP contribution in [0, 0.1) is 0 Å². The molecule has 0 saturated carbocycles. The van der Waals surface area contributed by atoms with Gasteiger partial charge >= 0.3 is 0 Å². The van der Waals surface area contributed by atoms with Crippen molar-refractivity contribution in [2.45, 2.75) is 19.5 Å². The minimum absolute atomic E-state index is 0.355. The predicted molar refractivity (Wildman–Crippen MR) is 87.7 cm³/mol. The molecule has 4 heteroatoms. The van der Waals surface area contributed by atoms with Crippen LogP contribution in [0.3, 0.4) is 0 Å². The number of nitrogens with zero attached hydrogens (tertiary/aromatic N) is 4. The Morgan fingerprint density at radius 2 is 1.77 bits per heavy atom. The van der Waals surface area contributed by atoms with Crippen LogP contribution in [-0.2, 0) is 6.54 Å². The zero-order chi connectivity index (χ0) is 15.4. The highest BCUT2D eigenvalue weighted by molar-refractivity contribution is 5.33. The van der Waals surface area contributed by atoms with Crippen LogP contribution in [0.25, 0.3) is 5.69 Å². The Morgan fingerprint density at radius 1 is 1.05 bits per heavy atom. The van der Waals surface area contributed by atoms with Gasteiger partial charge in [-0.1, -0.05) is 12.1 Å². The van der Waals surface area contributed by atoms with E-state index in [4.69, 9.17) is 0 Å². The van der Waals surface area contributed by atoms with Gasteiger partial charge in [-0.25, -0.2) is 4.68 Å². The molecule has 22 heavy (non-hydrogen) atoms. The molecule has 2 aromatic heterocycles. The third-order valence-electron chi connectivity index (χ3n) is 3.99. The number of aromatic nitrogens is 3. The monoisotopic (exact) mass is 292 g/mol. The average molecular weight is 292 g/mol. The molecule has 3 aromatic rings. The Kier molecular flexibility index (Phi) is 4.30. The molecule has 0 unspecified atom stereocenters. The van der Waals surface area contributed by atoms with E-state index in [0.29, 0.717) is 6.04 Å². The molecule has 0 saturated heterocycles. The molecule has 1 atom stereocenters. The molecule has 0 aliphatic carbocycles. The minimum Gasteiger partial charge on any atom is -0.295 e. The van der Waals surface area contributed by atoms with Gasteiger partial charge in [0.15, 0.2) is 0 Å². The van der Waals surface area contributed by atoms with E-state index in [1.807, 2.05) is 29.3 Å². The van der Waals surface area contributed by atoms with Crippen LogP contribution in [0.1, 0.15) is 24.1 Å². The van der Waals surface area contributed by atoms with E-state index in [0.717, 1.165) is 12.2 Å². The third kappa shape index (κ3) is 3.23. The molecule has 0 N–H and O–H groups in total. The number of benzene rings is 1. The van der Waals surface area contributed by atoms with Crippen LogP contribution in [0.15, 0.2) is 67.3 Å². The molecule has 0 radical (unpaired) electrons. The van der Waals surface area contributed by atoms with Gasteiger partial charge in [0.05, 0.1) is 5.69 Å². The first-order valence-electron chi connectivity index (χ1n) is 7.43. The number of hydrogen-bond acceptors (Lipinski definition) is 3. The molecule has 0 aliphatic rings. The maximum absolute atomic E-state index is 4.25. The van der Waals surface area contributed by atoms with Gasteiger partial charge in [-0.15, -0.1) is 0 Å². The Labute approximate surface area is 131 Å². The summed E-state index contributed by atoms with van der Waals surface area (Å²) in [5, 5.41) is 4.25. The molecule has 0 bridgehead atoms. The van der Waals surface area contributed by atoms with E-state index < -0.39 is 0 Å². The quantitative estimate of drug-likeness (QED) is 0.722. The zero-order valence-electron chi connectivity index (χ0n) is 12.9. The van der Waals surface area contributed by atoms with Gasteiger partial charge in [0.1, 0.15) is 0 Å². The van der Waals surface area contributed by atoms with Crippen molar-refractivity contribution in [3.8, 4) is 5.69 Å². The molecular weight excluding hydrogens is 272 g/mol. The van der Waals surface area contributed by atoms with Crippen LogP contribution in [0.4, 0.5) is 0 Å². The fraction of sp³-hybridized carbons (Fsp3) is 0.222. The van der Waals surface area contributed by atoms with Crippen molar-refractivity contribution in [3.63, 3.8) is 0 Å². The van der Waals surface area contributed by atoms with Crippen molar-refractivity contribution in [2.24, 2.45) is 0 Å². The maximum Gasteiger partial charge on any atom is 0.0645 e. The van der Waals surface area contributed by atoms with Gasteiger partial charge in [-0.2, -0.15) is 5.10 Å². The largest absolute Gasteiger partial charge is 0.295 e. The van der Waals surface area contributed by atoms with Crippen molar-refractivity contribution < 1.29 is 0 Å². The third-order valence-corrected chi connectivity index (χ3v) is 3.99. The zero-order valence-corrected chi connectivity index (χ0v) is 12.9. The Hall–Kier alpha value is -2.46. The highest BCUT2D eigenvalue weighted by Crippen LogP contribution is 2.20. The molecule has 3 rings (SSSR count). The lowest BCUT2D eigenvalue weighted by Crippen LogP contribution is -2.21. The lowest BCUT2D eigenvalue weighted by molar-refractivity contribution is 0.253. The molecule has 112 valence electrons. The van der Waals surface area contributed by atoms with Gasteiger partial charge in [0.25, 0.3) is 0 Å². The van der Waals surface area contributed by atoms with Gasteiger partial charge < -0.3 is 0 Å². The van der Waals surface area contributed by atoms with Gasteiger partial charge in [-0.05, 0) is 55.4 Å². The average Bonchev–Trinajstić information content (AvgIpc) is 3.10. The van der Waals surface area contributed by atoms with Gasteiger partial charge in [-0.3, -0.25) is 9.88 Å². The first kappa shape index (κ1) is 14.5. The van der Waals surface area contributed by atoms with Crippen molar-refractivity contribution in [1.29, 1.82) is 0 Å². The maximum atomic E-state index is 4.25. The highest BCUT2D eigenvalue weighted by Gasteiger charge is 2.11. The molecule has 2 heterocycles. The van der Waals surface area contributed by atoms with E-state index in [-0.39, 0.29) is 0 Å². The SMILES string of the molecule is C[C@@H](c1ccncc1)N(C)Cc1ccc(-n2cccn2)cc1. The van der Waals surface area contributed by atoms with Crippen LogP contribution in [0.5, 0.6) is 0 Å². The summed E-state index contributed by atoms with van der Waals surface area (Å²) in [6, 6.07) is 15.0. The van der Waals surface area contributed by atoms with Gasteiger partial charge in [0.2, 0.25) is 0 Å². The van der Waals surface area contributed by atoms with Crippen molar-refractivity contribution in [3.05, 3.63) is 78.4 Å². The molecule has 1 aromatic carbocycles. The minimum atomic E-state index is 0.355. The van der Waals surface area contributed by atoms with E-state index in [1.165, 1.54) is 11.1 Å². The first-order valence-corrected chi connectivity index (χ1v) is 7.43. The molecule has 0 amide bonds. The Balaban J connectivity index is 1.68. The standard InChI is InChI=1S/C18H20N4/c1-15(17-8-11-19-12-9-17)21(2)14-16-4-6-18(7-5-16)22-13-3-10-20-22/h3-13,15H,14H2,1-2H3/t15-/m0/s1. The van der Waals surface area contributed by atoms with Crippen molar-refractivity contribution in [2.75, 3.05) is 7.05 Å². The molecule has 4 nitrogen and oxygen atoms in total. The van der Waals surface area contributed by atoms with Crippen molar-refractivity contribution in [1.82, 2.24) is 19.7 Å². The van der Waals surface area contributed by atoms with Crippen LogP contribution in [-0.4, -0.2) is 26.7 Å². The fourth-order valence-electron chi connectivity index (χ4n) is 2.50. The summed E-state index contributed by atoms with van der Waals surface area (Å²) < 4.78 is 1.87. The van der Waals surface area contributed by atoms with Crippen LogP contribution >= 0.6 is 0 Å². The number of hydrogen-bond donors (Lipinski definition) is 0. The fourth-order valence-corrected chi connectivity index (χ4v) is 2.50. The smallest absolute Gasteiger partial charge is 0.0645 e. The summed E-state index contributed by atoms with van der Waals surface area (Å²) in [6.07, 6.45) is 7.43. The lowest BCUT2D eigenvalue weighted by Gasteiger charge is -2.25. The summed E-state index contributed by atoms with van der Waals surface area (Å²) in [5.74, 6) is 0. The molecule has 0 aliphatic heterocycles. The summed E-state index contributed by atoms with van der Waals surface area (Å²) in [6.45, 7) is 3.12. The summed E-state index contributed by atoms with van der Waals surface area (Å²) in [5.41, 5.74) is 3.66. The summed E-state index contributed by atoms with van der Waals surface area (Å²) >= 11 is 0. The van der Waals surface area contributed by atoms with Crippen LogP contribution in [0.2, 0.25) is 0 Å². The number of pyridine rings is 1. The Morgan fingerprint density at radius 3 is 2.41 bits per heavy atom. The van der Waals surface area contributed by atoms with Crippen LogP contribution < -0.4 is 0 Å². The van der Waals surface area contributed by atoms with E-state index in [2.05, 4.69) is 65.4 Å². The first-order chi connectivity index (χ1) is 10.7. The van der Waals surface area contributed by atoms with Gasteiger partial charge in [0, 0.05) is 37.4 Å². The number of rotatable bonds is 5. The van der Waals surface area contributed by atoms with Crippen molar-refractivity contribution >= 4 is 0 Å². The lowest BCUT2D eigenvalue weighted by atomic mass is 10.1. The predicted octanol–water partition coefficient (Wildman–Crippen LogP) is 3.46. The second kappa shape index (κ2) is 6.54.